The largest absolute Gasteiger partial charge is 0.356 e. The summed E-state index contributed by atoms with van der Waals surface area (Å²) < 4.78 is 13.1. The Hall–Kier alpha value is -2.11. The van der Waals surface area contributed by atoms with Crippen molar-refractivity contribution in [2.75, 3.05) is 26.7 Å². The van der Waals surface area contributed by atoms with Crippen LogP contribution < -0.4 is 16.0 Å². The molecule has 1 rings (SSSR count). The van der Waals surface area contributed by atoms with Crippen LogP contribution in [0, 0.1) is 18.2 Å². The summed E-state index contributed by atoms with van der Waals surface area (Å²) in [5.41, 5.74) is 1.67. The van der Waals surface area contributed by atoms with E-state index in [2.05, 4.69) is 20.9 Å². The molecule has 6 heteroatoms. The third-order valence-electron chi connectivity index (χ3n) is 3.60. The number of aliphatic imine (C=N–C) groups is 1. The molecule has 1 amide bonds. The van der Waals surface area contributed by atoms with Gasteiger partial charge in [0.15, 0.2) is 5.96 Å². The van der Waals surface area contributed by atoms with E-state index in [0.717, 1.165) is 17.5 Å². The van der Waals surface area contributed by atoms with Crippen LogP contribution in [0.5, 0.6) is 0 Å². The van der Waals surface area contributed by atoms with E-state index in [0.29, 0.717) is 25.6 Å². The van der Waals surface area contributed by atoms with E-state index >= 15 is 0 Å². The molecule has 0 heterocycles. The topological polar surface area (TPSA) is 65.5 Å². The Morgan fingerprint density at radius 3 is 2.33 bits per heavy atom. The predicted molar refractivity (Wildman–Crippen MR) is 96.7 cm³/mol. The molecule has 0 saturated heterocycles. The molecule has 0 unspecified atom stereocenters. The van der Waals surface area contributed by atoms with Crippen molar-refractivity contribution in [2.24, 2.45) is 10.4 Å². The van der Waals surface area contributed by atoms with Gasteiger partial charge < -0.3 is 16.0 Å². The lowest BCUT2D eigenvalue weighted by Gasteiger charge is -2.18. The Balaban J connectivity index is 2.29. The molecule has 1 aromatic carbocycles. The molecule has 0 radical (unpaired) electrons. The first kappa shape index (κ1) is 19.9. The van der Waals surface area contributed by atoms with Gasteiger partial charge in [-0.3, -0.25) is 9.79 Å². The van der Waals surface area contributed by atoms with Crippen LogP contribution in [0.3, 0.4) is 0 Å². The molecule has 0 aliphatic rings. The second-order valence-corrected chi connectivity index (χ2v) is 6.75. The zero-order valence-electron chi connectivity index (χ0n) is 15.3. The summed E-state index contributed by atoms with van der Waals surface area (Å²) in [6.45, 7) is 9.38. The van der Waals surface area contributed by atoms with E-state index in [1.165, 1.54) is 6.07 Å². The number of aryl methyl sites for hydroxylation is 1. The lowest BCUT2D eigenvalue weighted by atomic mass is 9.96. The summed E-state index contributed by atoms with van der Waals surface area (Å²) in [7, 11) is 1.70. The van der Waals surface area contributed by atoms with E-state index in [1.807, 2.05) is 33.8 Å². The van der Waals surface area contributed by atoms with Crippen LogP contribution in [-0.4, -0.2) is 38.5 Å². The standard InChI is InChI=1S/C18H29FN4O/c1-13-12-15(19)7-6-14(13)8-9-22-17(20-5)23-11-10-21-16(24)18(2,3)4/h6-7,12H,8-11H2,1-5H3,(H,21,24)(H2,20,22,23). The fraction of sp³-hybridized carbons (Fsp3) is 0.556. The number of nitrogens with zero attached hydrogens (tertiary/aromatic N) is 1. The van der Waals surface area contributed by atoms with E-state index < -0.39 is 0 Å². The molecule has 5 nitrogen and oxygen atoms in total. The number of hydrogen-bond acceptors (Lipinski definition) is 2. The maximum atomic E-state index is 13.1. The van der Waals surface area contributed by atoms with Crippen LogP contribution in [0.15, 0.2) is 23.2 Å². The highest BCUT2D eigenvalue weighted by molar-refractivity contribution is 5.81. The smallest absolute Gasteiger partial charge is 0.225 e. The van der Waals surface area contributed by atoms with Gasteiger partial charge in [-0.1, -0.05) is 26.8 Å². The number of benzene rings is 1. The minimum Gasteiger partial charge on any atom is -0.356 e. The lowest BCUT2D eigenvalue weighted by Crippen LogP contribution is -2.43. The Bertz CT molecular complexity index is 579. The zero-order valence-corrected chi connectivity index (χ0v) is 15.3. The molecular formula is C18H29FN4O. The van der Waals surface area contributed by atoms with Gasteiger partial charge in [-0.2, -0.15) is 0 Å². The first-order chi connectivity index (χ1) is 11.2. The normalized spacial score (nSPS) is 12.0. The van der Waals surface area contributed by atoms with Crippen LogP contribution >= 0.6 is 0 Å². The van der Waals surface area contributed by atoms with Crippen molar-refractivity contribution >= 4 is 11.9 Å². The molecule has 1 aromatic rings. The van der Waals surface area contributed by atoms with Crippen molar-refractivity contribution in [3.63, 3.8) is 0 Å². The Labute approximate surface area is 144 Å². The first-order valence-electron chi connectivity index (χ1n) is 8.22. The van der Waals surface area contributed by atoms with Crippen LogP contribution in [0.2, 0.25) is 0 Å². The maximum absolute atomic E-state index is 13.1. The average molecular weight is 336 g/mol. The van der Waals surface area contributed by atoms with E-state index in [-0.39, 0.29) is 17.1 Å². The van der Waals surface area contributed by atoms with Gasteiger partial charge in [0.05, 0.1) is 0 Å². The highest BCUT2D eigenvalue weighted by Crippen LogP contribution is 2.12. The number of guanidine groups is 1. The number of amides is 1. The van der Waals surface area contributed by atoms with E-state index in [1.54, 1.807) is 13.1 Å². The van der Waals surface area contributed by atoms with Crippen molar-refractivity contribution in [1.82, 2.24) is 16.0 Å². The van der Waals surface area contributed by atoms with Crippen molar-refractivity contribution in [1.29, 1.82) is 0 Å². The van der Waals surface area contributed by atoms with Crippen LogP contribution in [-0.2, 0) is 11.2 Å². The quantitative estimate of drug-likeness (QED) is 0.423. The number of rotatable bonds is 6. The van der Waals surface area contributed by atoms with Gasteiger partial charge in [-0.15, -0.1) is 0 Å². The summed E-state index contributed by atoms with van der Waals surface area (Å²) in [5, 5.41) is 9.24. The van der Waals surface area contributed by atoms with Crippen LogP contribution in [0.1, 0.15) is 31.9 Å². The van der Waals surface area contributed by atoms with Gasteiger partial charge in [0, 0.05) is 32.1 Å². The highest BCUT2D eigenvalue weighted by atomic mass is 19.1. The number of hydrogen-bond donors (Lipinski definition) is 3. The van der Waals surface area contributed by atoms with Crippen molar-refractivity contribution in [3.05, 3.63) is 35.1 Å². The third-order valence-corrected chi connectivity index (χ3v) is 3.60. The second-order valence-electron chi connectivity index (χ2n) is 6.75. The highest BCUT2D eigenvalue weighted by Gasteiger charge is 2.20. The van der Waals surface area contributed by atoms with Gasteiger partial charge in [0.2, 0.25) is 5.91 Å². The fourth-order valence-corrected chi connectivity index (χ4v) is 2.10. The Kier molecular flexibility index (Phi) is 7.68. The van der Waals surface area contributed by atoms with Crippen molar-refractivity contribution in [2.45, 2.75) is 34.1 Å². The number of carbonyl (C=O) groups excluding carboxylic acids is 1. The van der Waals surface area contributed by atoms with Crippen LogP contribution in [0.25, 0.3) is 0 Å². The molecule has 0 bridgehead atoms. The molecule has 0 aliphatic carbocycles. The second kappa shape index (κ2) is 9.25. The van der Waals surface area contributed by atoms with Gasteiger partial charge in [-0.25, -0.2) is 4.39 Å². The van der Waals surface area contributed by atoms with Crippen molar-refractivity contribution in [3.8, 4) is 0 Å². The minimum atomic E-state index is -0.382. The maximum Gasteiger partial charge on any atom is 0.225 e. The zero-order chi connectivity index (χ0) is 18.2. The summed E-state index contributed by atoms with van der Waals surface area (Å²) >= 11 is 0. The van der Waals surface area contributed by atoms with Gasteiger partial charge in [0.1, 0.15) is 5.82 Å². The van der Waals surface area contributed by atoms with E-state index in [9.17, 15) is 9.18 Å². The Morgan fingerprint density at radius 1 is 1.12 bits per heavy atom. The lowest BCUT2D eigenvalue weighted by molar-refractivity contribution is -0.128. The van der Waals surface area contributed by atoms with Crippen molar-refractivity contribution < 1.29 is 9.18 Å². The molecule has 24 heavy (non-hydrogen) atoms. The average Bonchev–Trinajstić information content (AvgIpc) is 2.50. The Morgan fingerprint density at radius 2 is 1.75 bits per heavy atom. The molecular weight excluding hydrogens is 307 g/mol. The number of halogens is 1. The van der Waals surface area contributed by atoms with Gasteiger partial charge in [-0.05, 0) is 36.6 Å². The van der Waals surface area contributed by atoms with E-state index in [4.69, 9.17) is 0 Å². The monoisotopic (exact) mass is 336 g/mol. The molecule has 0 fully saturated rings. The first-order valence-corrected chi connectivity index (χ1v) is 8.22. The molecule has 0 atom stereocenters. The number of carbonyl (C=O) groups is 1. The summed E-state index contributed by atoms with van der Waals surface area (Å²) in [5.74, 6) is 0.498. The molecule has 0 saturated carbocycles. The molecule has 134 valence electrons. The molecule has 0 spiro atoms. The molecule has 3 N–H and O–H groups in total. The minimum absolute atomic E-state index is 0.0269. The molecule has 0 aliphatic heterocycles. The van der Waals surface area contributed by atoms with Gasteiger partial charge >= 0.3 is 0 Å². The summed E-state index contributed by atoms with van der Waals surface area (Å²) in [4.78, 5) is 15.9. The number of nitrogens with one attached hydrogen (secondary N) is 3. The fourth-order valence-electron chi connectivity index (χ4n) is 2.10. The summed E-state index contributed by atoms with van der Waals surface area (Å²) in [6.07, 6.45) is 0.785. The third kappa shape index (κ3) is 6.98. The SMILES string of the molecule is CN=C(NCCNC(=O)C(C)(C)C)NCCc1ccc(F)cc1C. The van der Waals surface area contributed by atoms with Crippen LogP contribution in [0.4, 0.5) is 4.39 Å². The summed E-state index contributed by atoms with van der Waals surface area (Å²) in [6, 6.07) is 4.83. The molecule has 0 aromatic heterocycles. The predicted octanol–water partition coefficient (Wildman–Crippen LogP) is 2.00. The van der Waals surface area contributed by atoms with Gasteiger partial charge in [0.25, 0.3) is 0 Å².